The number of rotatable bonds is 4. The zero-order valence-electron chi connectivity index (χ0n) is 15.6. The molecule has 8 nitrogen and oxygen atoms in total. The summed E-state index contributed by atoms with van der Waals surface area (Å²) in [5.41, 5.74) is 2.52. The van der Waals surface area contributed by atoms with E-state index in [4.69, 9.17) is 0 Å². The van der Waals surface area contributed by atoms with Crippen molar-refractivity contribution < 1.29 is 27.6 Å². The number of alkyl carbamates (subject to hydrolysis) is 1. The Morgan fingerprint density at radius 3 is 2.19 bits per heavy atom. The SMILES string of the molecule is COC(=O)NC(=O)C[NH+]1CCN(S(=O)(=O)c2c(C)cc(C)cc2C)CC1. The lowest BCUT2D eigenvalue weighted by molar-refractivity contribution is -0.895. The summed E-state index contributed by atoms with van der Waals surface area (Å²) in [5.74, 6) is -0.437. The molecule has 0 saturated carbocycles. The van der Waals surface area contributed by atoms with Crippen LogP contribution in [0.1, 0.15) is 16.7 Å². The van der Waals surface area contributed by atoms with E-state index in [1.807, 2.05) is 32.9 Å². The molecule has 26 heavy (non-hydrogen) atoms. The Balaban J connectivity index is 2.03. The maximum absolute atomic E-state index is 13.0. The lowest BCUT2D eigenvalue weighted by atomic mass is 10.1. The van der Waals surface area contributed by atoms with Gasteiger partial charge in [-0.05, 0) is 31.9 Å². The molecule has 144 valence electrons. The van der Waals surface area contributed by atoms with Gasteiger partial charge in [-0.3, -0.25) is 10.1 Å². The van der Waals surface area contributed by atoms with Crippen LogP contribution in [0.2, 0.25) is 0 Å². The van der Waals surface area contributed by atoms with Gasteiger partial charge in [0.05, 0.1) is 38.2 Å². The summed E-state index contributed by atoms with van der Waals surface area (Å²) in [5, 5.41) is 2.11. The summed E-state index contributed by atoms with van der Waals surface area (Å²) in [6.45, 7) is 7.32. The average molecular weight is 384 g/mol. The molecular formula is C17H26N3O5S+. The first-order valence-electron chi connectivity index (χ1n) is 8.44. The topological polar surface area (TPSA) is 97.2 Å². The van der Waals surface area contributed by atoms with Crippen LogP contribution in [0.3, 0.4) is 0 Å². The van der Waals surface area contributed by atoms with E-state index in [1.54, 1.807) is 0 Å². The van der Waals surface area contributed by atoms with Crippen molar-refractivity contribution in [2.75, 3.05) is 39.8 Å². The molecule has 1 fully saturated rings. The first kappa shape index (κ1) is 20.3. The van der Waals surface area contributed by atoms with Crippen LogP contribution in [0.25, 0.3) is 0 Å². The molecule has 1 aliphatic heterocycles. The Morgan fingerprint density at radius 2 is 1.69 bits per heavy atom. The number of sulfonamides is 1. The van der Waals surface area contributed by atoms with Crippen molar-refractivity contribution in [3.05, 3.63) is 28.8 Å². The molecule has 0 atom stereocenters. The molecule has 2 rings (SSSR count). The van der Waals surface area contributed by atoms with E-state index in [9.17, 15) is 18.0 Å². The van der Waals surface area contributed by atoms with Crippen molar-refractivity contribution in [2.45, 2.75) is 25.7 Å². The number of imide groups is 1. The number of hydrogen-bond acceptors (Lipinski definition) is 5. The number of hydrogen-bond donors (Lipinski definition) is 2. The summed E-state index contributed by atoms with van der Waals surface area (Å²) in [4.78, 5) is 24.1. The van der Waals surface area contributed by atoms with Gasteiger partial charge < -0.3 is 9.64 Å². The predicted molar refractivity (Wildman–Crippen MR) is 95.5 cm³/mol. The second kappa shape index (κ2) is 8.15. The van der Waals surface area contributed by atoms with Crippen molar-refractivity contribution in [3.63, 3.8) is 0 Å². The van der Waals surface area contributed by atoms with Crippen LogP contribution in [0, 0.1) is 20.8 Å². The van der Waals surface area contributed by atoms with Crippen molar-refractivity contribution in [2.24, 2.45) is 0 Å². The lowest BCUT2D eigenvalue weighted by Crippen LogP contribution is -3.15. The summed E-state index contributed by atoms with van der Waals surface area (Å²) in [6.07, 6.45) is -0.791. The molecule has 1 aliphatic rings. The van der Waals surface area contributed by atoms with Gasteiger partial charge in [0.2, 0.25) is 10.0 Å². The second-order valence-corrected chi connectivity index (χ2v) is 8.47. The van der Waals surface area contributed by atoms with Crippen LogP contribution in [0.5, 0.6) is 0 Å². The molecule has 1 aromatic rings. The van der Waals surface area contributed by atoms with E-state index in [0.29, 0.717) is 31.1 Å². The monoisotopic (exact) mass is 384 g/mol. The van der Waals surface area contributed by atoms with Crippen molar-refractivity contribution in [3.8, 4) is 0 Å². The van der Waals surface area contributed by atoms with E-state index in [1.165, 1.54) is 11.4 Å². The molecule has 0 aromatic heterocycles. The van der Waals surface area contributed by atoms with Gasteiger partial charge in [-0.15, -0.1) is 0 Å². The van der Waals surface area contributed by atoms with Gasteiger partial charge in [0.1, 0.15) is 0 Å². The molecule has 1 aromatic carbocycles. The zero-order valence-corrected chi connectivity index (χ0v) is 16.4. The Bertz CT molecular complexity index is 776. The Hall–Kier alpha value is -1.97. The van der Waals surface area contributed by atoms with Gasteiger partial charge in [-0.1, -0.05) is 17.7 Å². The quantitative estimate of drug-likeness (QED) is 0.721. The van der Waals surface area contributed by atoms with Crippen molar-refractivity contribution in [1.29, 1.82) is 0 Å². The van der Waals surface area contributed by atoms with Crippen LogP contribution in [0.15, 0.2) is 17.0 Å². The minimum atomic E-state index is -3.57. The lowest BCUT2D eigenvalue weighted by Gasteiger charge is -2.31. The molecule has 2 amide bonds. The molecule has 0 spiro atoms. The van der Waals surface area contributed by atoms with E-state index in [-0.39, 0.29) is 6.54 Å². The second-order valence-electron chi connectivity index (χ2n) is 6.60. The number of nitrogens with zero attached hydrogens (tertiary/aromatic N) is 1. The van der Waals surface area contributed by atoms with Gasteiger partial charge in [0, 0.05) is 0 Å². The number of quaternary nitrogens is 1. The normalized spacial score (nSPS) is 16.3. The van der Waals surface area contributed by atoms with E-state index in [0.717, 1.165) is 21.6 Å². The molecule has 0 unspecified atom stereocenters. The Labute approximate surface area is 154 Å². The van der Waals surface area contributed by atoms with Crippen molar-refractivity contribution in [1.82, 2.24) is 9.62 Å². The number of benzene rings is 1. The maximum Gasteiger partial charge on any atom is 0.413 e. The number of nitrogens with one attached hydrogen (secondary N) is 2. The number of ether oxygens (including phenoxy) is 1. The highest BCUT2D eigenvalue weighted by Crippen LogP contribution is 2.25. The summed E-state index contributed by atoms with van der Waals surface area (Å²) in [6, 6.07) is 3.75. The number of aryl methyl sites for hydroxylation is 3. The fourth-order valence-corrected chi connectivity index (χ4v) is 5.21. The van der Waals surface area contributed by atoms with Gasteiger partial charge >= 0.3 is 6.09 Å². The van der Waals surface area contributed by atoms with Crippen LogP contribution in [-0.4, -0.2) is 64.6 Å². The first-order valence-corrected chi connectivity index (χ1v) is 9.88. The molecule has 2 N–H and O–H groups in total. The highest BCUT2D eigenvalue weighted by Gasteiger charge is 2.33. The largest absolute Gasteiger partial charge is 0.453 e. The van der Waals surface area contributed by atoms with E-state index < -0.39 is 22.0 Å². The molecule has 0 bridgehead atoms. The van der Waals surface area contributed by atoms with Crippen molar-refractivity contribution >= 4 is 22.0 Å². The fourth-order valence-electron chi connectivity index (χ4n) is 3.36. The number of carbonyl (C=O) groups excluding carboxylic acids is 2. The van der Waals surface area contributed by atoms with Gasteiger partial charge in [-0.2, -0.15) is 4.31 Å². The molecule has 0 aliphatic carbocycles. The smallest absolute Gasteiger partial charge is 0.413 e. The molecule has 9 heteroatoms. The number of piperazine rings is 1. The zero-order chi connectivity index (χ0) is 19.5. The van der Waals surface area contributed by atoms with Crippen LogP contribution < -0.4 is 10.2 Å². The number of carbonyl (C=O) groups is 2. The highest BCUT2D eigenvalue weighted by molar-refractivity contribution is 7.89. The summed E-state index contributed by atoms with van der Waals surface area (Å²) < 4.78 is 31.9. The third-order valence-electron chi connectivity index (χ3n) is 4.47. The van der Waals surface area contributed by atoms with Crippen LogP contribution in [-0.2, 0) is 19.6 Å². The summed E-state index contributed by atoms with van der Waals surface area (Å²) >= 11 is 0. The first-order chi connectivity index (χ1) is 12.1. The standard InChI is InChI=1S/C17H25N3O5S/c1-12-9-13(2)16(14(3)10-12)26(23,24)20-7-5-19(6-8-20)11-15(21)18-17(22)25-4/h9-10H,5-8,11H2,1-4H3,(H,18,21,22)/p+1. The van der Waals surface area contributed by atoms with Gasteiger partial charge in [0.15, 0.2) is 6.54 Å². The third kappa shape index (κ3) is 4.60. The Kier molecular flexibility index (Phi) is 6.38. The fraction of sp³-hybridized carbons (Fsp3) is 0.529. The number of methoxy groups -OCH3 is 1. The molecular weight excluding hydrogens is 358 g/mol. The minimum absolute atomic E-state index is 0.103. The molecule has 1 heterocycles. The van der Waals surface area contributed by atoms with Gasteiger partial charge in [0.25, 0.3) is 5.91 Å². The van der Waals surface area contributed by atoms with Crippen LogP contribution in [0.4, 0.5) is 4.79 Å². The third-order valence-corrected chi connectivity index (χ3v) is 6.67. The van der Waals surface area contributed by atoms with Crippen LogP contribution >= 0.6 is 0 Å². The van der Waals surface area contributed by atoms with E-state index in [2.05, 4.69) is 10.1 Å². The van der Waals surface area contributed by atoms with E-state index >= 15 is 0 Å². The molecule has 0 radical (unpaired) electrons. The number of amides is 2. The maximum atomic E-state index is 13.0. The van der Waals surface area contributed by atoms with Gasteiger partial charge in [-0.25, -0.2) is 13.2 Å². The summed E-state index contributed by atoms with van der Waals surface area (Å²) in [7, 11) is -2.38. The molecule has 1 saturated heterocycles. The minimum Gasteiger partial charge on any atom is -0.453 e. The Morgan fingerprint density at radius 1 is 1.15 bits per heavy atom. The average Bonchev–Trinajstić information content (AvgIpc) is 2.53. The highest BCUT2D eigenvalue weighted by atomic mass is 32.2. The predicted octanol–water partition coefficient (Wildman–Crippen LogP) is -0.616.